The van der Waals surface area contributed by atoms with Gasteiger partial charge < -0.3 is 9.52 Å². The zero-order chi connectivity index (χ0) is 13.2. The molecule has 0 aliphatic heterocycles. The van der Waals surface area contributed by atoms with Gasteiger partial charge >= 0.3 is 0 Å². The van der Waals surface area contributed by atoms with Crippen LogP contribution >= 0.6 is 0 Å². The highest BCUT2D eigenvalue weighted by molar-refractivity contribution is 5.78. The fourth-order valence-electron chi connectivity index (χ4n) is 2.75. The van der Waals surface area contributed by atoms with Crippen LogP contribution in [0, 0.1) is 5.92 Å². The summed E-state index contributed by atoms with van der Waals surface area (Å²) in [6.45, 7) is 6.79. The maximum atomic E-state index is 9.31. The van der Waals surface area contributed by atoms with Crippen molar-refractivity contribution in [3.8, 4) is 0 Å². The van der Waals surface area contributed by atoms with Crippen LogP contribution in [-0.4, -0.2) is 11.7 Å². The van der Waals surface area contributed by atoms with Crippen LogP contribution in [0.25, 0.3) is 11.0 Å². The number of hydrogen-bond donors (Lipinski definition) is 1. The second kappa shape index (κ2) is 5.15. The molecule has 1 aromatic heterocycles. The molecule has 1 unspecified atom stereocenters. The Bertz CT molecular complexity index is 480. The van der Waals surface area contributed by atoms with Crippen molar-refractivity contribution in [3.05, 3.63) is 36.1 Å². The summed E-state index contributed by atoms with van der Waals surface area (Å²) in [6.07, 6.45) is 1.76. The minimum Gasteiger partial charge on any atom is -0.460 e. The highest BCUT2D eigenvalue weighted by Gasteiger charge is 2.30. The van der Waals surface area contributed by atoms with Gasteiger partial charge in [-0.25, -0.2) is 0 Å². The van der Waals surface area contributed by atoms with E-state index >= 15 is 0 Å². The van der Waals surface area contributed by atoms with E-state index in [2.05, 4.69) is 32.9 Å². The Balaban J connectivity index is 2.40. The van der Waals surface area contributed by atoms with Crippen LogP contribution in [0.1, 0.15) is 39.4 Å². The first kappa shape index (κ1) is 13.2. The average molecular weight is 246 g/mol. The molecule has 0 aliphatic rings. The molecule has 1 atom stereocenters. The molecule has 0 saturated carbocycles. The van der Waals surface area contributed by atoms with Crippen molar-refractivity contribution in [2.45, 2.75) is 39.0 Å². The fraction of sp³-hybridized carbons (Fsp3) is 0.500. The molecule has 1 N–H and O–H groups in total. The summed E-state index contributed by atoms with van der Waals surface area (Å²) in [5, 5.41) is 10.4. The van der Waals surface area contributed by atoms with E-state index in [1.54, 1.807) is 0 Å². The second-order valence-electron chi connectivity index (χ2n) is 5.78. The van der Waals surface area contributed by atoms with Crippen molar-refractivity contribution in [2.24, 2.45) is 5.92 Å². The van der Waals surface area contributed by atoms with Crippen LogP contribution in [0.2, 0.25) is 0 Å². The summed E-state index contributed by atoms with van der Waals surface area (Å²) in [7, 11) is 0. The van der Waals surface area contributed by atoms with E-state index in [1.807, 2.05) is 18.2 Å². The number of benzene rings is 1. The molecule has 0 radical (unpaired) electrons. The zero-order valence-corrected chi connectivity index (χ0v) is 11.4. The van der Waals surface area contributed by atoms with Crippen molar-refractivity contribution in [3.63, 3.8) is 0 Å². The van der Waals surface area contributed by atoms with Crippen LogP contribution in [0.5, 0.6) is 0 Å². The number of para-hydroxylation sites is 1. The number of rotatable bonds is 5. The largest absolute Gasteiger partial charge is 0.460 e. The number of hydrogen-bond acceptors (Lipinski definition) is 2. The summed E-state index contributed by atoms with van der Waals surface area (Å²) in [5.74, 6) is 1.57. The molecule has 0 amide bonds. The Morgan fingerprint density at radius 2 is 2.00 bits per heavy atom. The molecule has 2 nitrogen and oxygen atoms in total. The second-order valence-corrected chi connectivity index (χ2v) is 5.78. The van der Waals surface area contributed by atoms with Gasteiger partial charge in [0.25, 0.3) is 0 Å². The van der Waals surface area contributed by atoms with Crippen molar-refractivity contribution in [1.82, 2.24) is 0 Å². The lowest BCUT2D eigenvalue weighted by Gasteiger charge is -2.28. The quantitative estimate of drug-likeness (QED) is 0.861. The fourth-order valence-corrected chi connectivity index (χ4v) is 2.75. The van der Waals surface area contributed by atoms with Gasteiger partial charge in [0.05, 0.1) is 0 Å². The van der Waals surface area contributed by atoms with Gasteiger partial charge in [-0.05, 0) is 30.9 Å². The van der Waals surface area contributed by atoms with Crippen molar-refractivity contribution in [1.29, 1.82) is 0 Å². The SMILES string of the molecule is CC(C)CC(C)(CCO)c1cc2ccccc2o1. The van der Waals surface area contributed by atoms with E-state index in [9.17, 15) is 5.11 Å². The maximum absolute atomic E-state index is 9.31. The molecule has 1 aromatic carbocycles. The van der Waals surface area contributed by atoms with Crippen LogP contribution in [-0.2, 0) is 5.41 Å². The van der Waals surface area contributed by atoms with E-state index in [-0.39, 0.29) is 12.0 Å². The van der Waals surface area contributed by atoms with Crippen LogP contribution in [0.3, 0.4) is 0 Å². The maximum Gasteiger partial charge on any atom is 0.134 e. The minimum absolute atomic E-state index is 0.0814. The Labute approximate surface area is 109 Å². The van der Waals surface area contributed by atoms with Crippen molar-refractivity contribution >= 4 is 11.0 Å². The Hall–Kier alpha value is -1.28. The van der Waals surface area contributed by atoms with E-state index in [0.717, 1.165) is 29.6 Å². The summed E-state index contributed by atoms with van der Waals surface area (Å²) in [4.78, 5) is 0. The van der Waals surface area contributed by atoms with Crippen LogP contribution in [0.15, 0.2) is 34.7 Å². The molecular formula is C16H22O2. The molecule has 1 heterocycles. The Kier molecular flexibility index (Phi) is 3.76. The zero-order valence-electron chi connectivity index (χ0n) is 11.4. The first-order valence-corrected chi connectivity index (χ1v) is 6.65. The lowest BCUT2D eigenvalue weighted by Crippen LogP contribution is -2.25. The molecule has 18 heavy (non-hydrogen) atoms. The smallest absolute Gasteiger partial charge is 0.134 e. The third kappa shape index (κ3) is 2.59. The van der Waals surface area contributed by atoms with Gasteiger partial charge in [-0.2, -0.15) is 0 Å². The van der Waals surface area contributed by atoms with E-state index < -0.39 is 0 Å². The standard InChI is InChI=1S/C16H22O2/c1-12(2)11-16(3,8-9-17)15-10-13-6-4-5-7-14(13)18-15/h4-7,10,12,17H,8-9,11H2,1-3H3. The molecule has 0 aliphatic carbocycles. The minimum atomic E-state index is -0.0814. The first-order valence-electron chi connectivity index (χ1n) is 6.65. The summed E-state index contributed by atoms with van der Waals surface area (Å²) in [6, 6.07) is 10.2. The highest BCUT2D eigenvalue weighted by Crippen LogP contribution is 2.37. The Morgan fingerprint density at radius 1 is 1.28 bits per heavy atom. The van der Waals surface area contributed by atoms with Crippen LogP contribution < -0.4 is 0 Å². The number of aliphatic hydroxyl groups excluding tert-OH is 1. The van der Waals surface area contributed by atoms with Gasteiger partial charge in [-0.3, -0.25) is 0 Å². The average Bonchev–Trinajstić information content (AvgIpc) is 2.72. The monoisotopic (exact) mass is 246 g/mol. The van der Waals surface area contributed by atoms with Gasteiger partial charge in [-0.1, -0.05) is 39.0 Å². The molecule has 98 valence electrons. The molecule has 2 aromatic rings. The van der Waals surface area contributed by atoms with Gasteiger partial charge in [0.2, 0.25) is 0 Å². The highest BCUT2D eigenvalue weighted by atomic mass is 16.3. The van der Waals surface area contributed by atoms with Crippen LogP contribution in [0.4, 0.5) is 0 Å². The lowest BCUT2D eigenvalue weighted by molar-refractivity contribution is 0.208. The molecule has 0 bridgehead atoms. The number of furan rings is 1. The van der Waals surface area contributed by atoms with E-state index in [4.69, 9.17) is 4.42 Å². The number of fused-ring (bicyclic) bond motifs is 1. The Morgan fingerprint density at radius 3 is 2.61 bits per heavy atom. The molecule has 2 heteroatoms. The predicted octanol–water partition coefficient (Wildman–Crippen LogP) is 4.12. The van der Waals surface area contributed by atoms with Gasteiger partial charge in [-0.15, -0.1) is 0 Å². The normalized spacial score (nSPS) is 15.2. The molecule has 2 rings (SSSR count). The van der Waals surface area contributed by atoms with E-state index in [0.29, 0.717) is 5.92 Å². The predicted molar refractivity (Wildman–Crippen MR) is 74.7 cm³/mol. The van der Waals surface area contributed by atoms with Crippen molar-refractivity contribution in [2.75, 3.05) is 6.61 Å². The molecule has 0 spiro atoms. The third-order valence-electron chi connectivity index (χ3n) is 3.54. The van der Waals surface area contributed by atoms with Gasteiger partial charge in [0.15, 0.2) is 0 Å². The topological polar surface area (TPSA) is 33.4 Å². The van der Waals surface area contributed by atoms with Gasteiger partial charge in [0, 0.05) is 17.4 Å². The van der Waals surface area contributed by atoms with Crippen molar-refractivity contribution < 1.29 is 9.52 Å². The van der Waals surface area contributed by atoms with E-state index in [1.165, 1.54) is 0 Å². The first-order chi connectivity index (χ1) is 8.55. The van der Waals surface area contributed by atoms with Gasteiger partial charge in [0.1, 0.15) is 11.3 Å². The molecule has 0 saturated heterocycles. The summed E-state index contributed by atoms with van der Waals surface area (Å²) >= 11 is 0. The third-order valence-corrected chi connectivity index (χ3v) is 3.54. The number of aliphatic hydroxyl groups is 1. The molecular weight excluding hydrogens is 224 g/mol. The molecule has 0 fully saturated rings. The summed E-state index contributed by atoms with van der Waals surface area (Å²) < 4.78 is 5.98. The summed E-state index contributed by atoms with van der Waals surface area (Å²) in [5.41, 5.74) is 0.850. The lowest BCUT2D eigenvalue weighted by atomic mass is 9.77.